The summed E-state index contributed by atoms with van der Waals surface area (Å²) in [5.74, 6) is -0.184. The Morgan fingerprint density at radius 2 is 1.75 bits per heavy atom. The summed E-state index contributed by atoms with van der Waals surface area (Å²) in [5.41, 5.74) is 6.72. The molecule has 0 aromatic heterocycles. The third-order valence-electron chi connectivity index (χ3n) is 5.49. The van der Waals surface area contributed by atoms with Crippen LogP contribution in [0.1, 0.15) is 50.5 Å². The Morgan fingerprint density at radius 3 is 2.33 bits per heavy atom. The first-order valence-electron chi connectivity index (χ1n) is 8.57. The second kappa shape index (κ2) is 6.56. The van der Waals surface area contributed by atoms with Gasteiger partial charge in [0.2, 0.25) is 0 Å². The number of ether oxygens (including phenoxy) is 2. The summed E-state index contributed by atoms with van der Waals surface area (Å²) >= 11 is 0. The molecule has 1 heterocycles. The van der Waals surface area contributed by atoms with Crippen molar-refractivity contribution in [2.75, 3.05) is 13.2 Å². The van der Waals surface area contributed by atoms with Crippen molar-refractivity contribution in [1.82, 2.24) is 0 Å². The van der Waals surface area contributed by atoms with Gasteiger partial charge in [-0.05, 0) is 56.3 Å². The van der Waals surface area contributed by atoms with Gasteiger partial charge in [0, 0.05) is 12.0 Å². The van der Waals surface area contributed by atoms with Crippen LogP contribution in [0.2, 0.25) is 0 Å². The van der Waals surface area contributed by atoms with Crippen LogP contribution in [0.3, 0.4) is 0 Å². The molecule has 1 aliphatic carbocycles. The first-order valence-corrected chi connectivity index (χ1v) is 8.57. The van der Waals surface area contributed by atoms with Crippen LogP contribution < -0.4 is 10.5 Å². The number of hydrogen-bond acceptors (Lipinski definition) is 3. The van der Waals surface area contributed by atoms with Crippen LogP contribution in [0, 0.1) is 0 Å². The topological polar surface area (TPSA) is 44.5 Å². The van der Waals surface area contributed by atoms with E-state index in [0.717, 1.165) is 37.7 Å². The van der Waals surface area contributed by atoms with Gasteiger partial charge in [-0.2, -0.15) is 0 Å². The van der Waals surface area contributed by atoms with Gasteiger partial charge in [0.1, 0.15) is 5.75 Å². The molecule has 0 amide bonds. The Bertz CT molecular complexity index is 548. The number of alkyl halides is 3. The average Bonchev–Trinajstić information content (AvgIpc) is 2.94. The molecule has 0 radical (unpaired) electrons. The van der Waals surface area contributed by atoms with E-state index in [0.29, 0.717) is 13.2 Å². The van der Waals surface area contributed by atoms with Gasteiger partial charge in [0.25, 0.3) is 0 Å². The summed E-state index contributed by atoms with van der Waals surface area (Å²) in [6.07, 6.45) is 2.39. The Hall–Kier alpha value is -1.27. The maximum absolute atomic E-state index is 12.3. The lowest BCUT2D eigenvalue weighted by Crippen LogP contribution is -2.46. The van der Waals surface area contributed by atoms with Gasteiger partial charge in [0.05, 0.1) is 5.60 Å². The van der Waals surface area contributed by atoms with Gasteiger partial charge in [-0.1, -0.05) is 25.0 Å². The van der Waals surface area contributed by atoms with Gasteiger partial charge in [-0.25, -0.2) is 0 Å². The SMILES string of the molecule is NCC[C@@]1(c2ccc(OC(F)(F)F)cc2)CCOC2(CCCC2)C1. The van der Waals surface area contributed by atoms with Crippen LogP contribution in [0.4, 0.5) is 13.2 Å². The van der Waals surface area contributed by atoms with Crippen LogP contribution in [-0.4, -0.2) is 25.1 Å². The lowest BCUT2D eigenvalue weighted by molar-refractivity contribution is -0.274. The van der Waals surface area contributed by atoms with Crippen molar-refractivity contribution in [1.29, 1.82) is 0 Å². The first kappa shape index (κ1) is 17.5. The molecule has 2 N–H and O–H groups in total. The van der Waals surface area contributed by atoms with Crippen LogP contribution in [0.15, 0.2) is 24.3 Å². The smallest absolute Gasteiger partial charge is 0.406 e. The number of benzene rings is 1. The highest BCUT2D eigenvalue weighted by molar-refractivity contribution is 5.34. The molecule has 3 nitrogen and oxygen atoms in total. The second-order valence-corrected chi connectivity index (χ2v) is 7.06. The predicted octanol–water partition coefficient (Wildman–Crippen LogP) is 4.30. The zero-order valence-electron chi connectivity index (χ0n) is 13.7. The Labute approximate surface area is 140 Å². The Morgan fingerprint density at radius 1 is 1.08 bits per heavy atom. The molecule has 3 rings (SSSR count). The van der Waals surface area contributed by atoms with Gasteiger partial charge >= 0.3 is 6.36 Å². The highest BCUT2D eigenvalue weighted by atomic mass is 19.4. The van der Waals surface area contributed by atoms with Gasteiger partial charge in [-0.3, -0.25) is 0 Å². The number of nitrogens with two attached hydrogens (primary N) is 1. The molecule has 1 spiro atoms. The van der Waals surface area contributed by atoms with E-state index in [-0.39, 0.29) is 16.8 Å². The molecule has 1 aromatic rings. The third kappa shape index (κ3) is 3.70. The Kier molecular flexibility index (Phi) is 4.80. The third-order valence-corrected chi connectivity index (χ3v) is 5.49. The summed E-state index contributed by atoms with van der Waals surface area (Å²) in [6.45, 7) is 1.23. The minimum atomic E-state index is -4.66. The molecule has 1 aromatic carbocycles. The molecule has 6 heteroatoms. The van der Waals surface area contributed by atoms with Crippen LogP contribution in [0.5, 0.6) is 5.75 Å². The van der Waals surface area contributed by atoms with E-state index >= 15 is 0 Å². The fraction of sp³-hybridized carbons (Fsp3) is 0.667. The fourth-order valence-electron chi connectivity index (χ4n) is 4.45. The van der Waals surface area contributed by atoms with Gasteiger partial charge in [-0.15, -0.1) is 13.2 Å². The number of rotatable bonds is 4. The van der Waals surface area contributed by atoms with E-state index in [1.807, 2.05) is 0 Å². The molecular weight excluding hydrogens is 319 g/mol. The molecule has 1 atom stereocenters. The lowest BCUT2D eigenvalue weighted by Gasteiger charge is -2.47. The maximum Gasteiger partial charge on any atom is 0.573 e. The van der Waals surface area contributed by atoms with Crippen LogP contribution in [0.25, 0.3) is 0 Å². The Balaban J connectivity index is 1.84. The minimum absolute atomic E-state index is 0.0748. The van der Waals surface area contributed by atoms with Crippen LogP contribution in [-0.2, 0) is 10.2 Å². The molecule has 1 saturated heterocycles. The van der Waals surface area contributed by atoms with Crippen molar-refractivity contribution in [3.8, 4) is 5.75 Å². The molecule has 134 valence electrons. The van der Waals surface area contributed by atoms with Crippen molar-refractivity contribution < 1.29 is 22.6 Å². The summed E-state index contributed by atoms with van der Waals surface area (Å²) in [4.78, 5) is 0. The zero-order chi connectivity index (χ0) is 17.3. The predicted molar refractivity (Wildman–Crippen MR) is 84.9 cm³/mol. The van der Waals surface area contributed by atoms with E-state index in [2.05, 4.69) is 4.74 Å². The van der Waals surface area contributed by atoms with E-state index in [9.17, 15) is 13.2 Å². The average molecular weight is 343 g/mol. The number of hydrogen-bond donors (Lipinski definition) is 1. The van der Waals surface area contributed by atoms with Crippen molar-refractivity contribution in [2.24, 2.45) is 5.73 Å². The highest BCUT2D eigenvalue weighted by Crippen LogP contribution is 2.50. The highest BCUT2D eigenvalue weighted by Gasteiger charge is 2.47. The molecule has 1 aliphatic heterocycles. The summed E-state index contributed by atoms with van der Waals surface area (Å²) in [5, 5.41) is 0. The standard InChI is InChI=1S/C18H24F3NO2/c19-18(20,21)24-15-5-3-14(4-6-15)16(9-11-22)10-12-23-17(13-16)7-1-2-8-17/h3-6H,1-2,7-13,22H2/t16-/m1/s1. The van der Waals surface area contributed by atoms with Gasteiger partial charge < -0.3 is 15.2 Å². The van der Waals surface area contributed by atoms with Crippen LogP contribution >= 0.6 is 0 Å². The van der Waals surface area contributed by atoms with Crippen molar-refractivity contribution in [3.63, 3.8) is 0 Å². The molecule has 2 fully saturated rings. The van der Waals surface area contributed by atoms with E-state index in [4.69, 9.17) is 10.5 Å². The minimum Gasteiger partial charge on any atom is -0.406 e. The molecule has 0 bridgehead atoms. The van der Waals surface area contributed by atoms with Crippen molar-refractivity contribution >= 4 is 0 Å². The maximum atomic E-state index is 12.3. The first-order chi connectivity index (χ1) is 11.4. The summed E-state index contributed by atoms with van der Waals surface area (Å²) in [7, 11) is 0. The van der Waals surface area contributed by atoms with Crippen molar-refractivity contribution in [3.05, 3.63) is 29.8 Å². The second-order valence-electron chi connectivity index (χ2n) is 7.06. The largest absolute Gasteiger partial charge is 0.573 e. The zero-order valence-corrected chi connectivity index (χ0v) is 13.7. The lowest BCUT2D eigenvalue weighted by atomic mass is 9.66. The molecule has 0 unspecified atom stereocenters. The fourth-order valence-corrected chi connectivity index (χ4v) is 4.45. The number of halogens is 3. The summed E-state index contributed by atoms with van der Waals surface area (Å²) in [6, 6.07) is 6.31. The van der Waals surface area contributed by atoms with E-state index in [1.54, 1.807) is 12.1 Å². The molecule has 1 saturated carbocycles. The van der Waals surface area contributed by atoms with Crippen molar-refractivity contribution in [2.45, 2.75) is 62.3 Å². The van der Waals surface area contributed by atoms with Gasteiger partial charge in [0.15, 0.2) is 0 Å². The molecule has 24 heavy (non-hydrogen) atoms. The summed E-state index contributed by atoms with van der Waals surface area (Å²) < 4.78 is 47.1. The normalized spacial score (nSPS) is 26.7. The molecular formula is C18H24F3NO2. The monoisotopic (exact) mass is 343 g/mol. The quantitative estimate of drug-likeness (QED) is 0.887. The van der Waals surface area contributed by atoms with E-state index < -0.39 is 6.36 Å². The molecule has 2 aliphatic rings. The van der Waals surface area contributed by atoms with E-state index in [1.165, 1.54) is 25.0 Å².